The van der Waals surface area contributed by atoms with E-state index in [9.17, 15) is 9.90 Å². The van der Waals surface area contributed by atoms with E-state index >= 15 is 0 Å². The molecule has 1 aliphatic heterocycles. The first-order chi connectivity index (χ1) is 10.7. The summed E-state index contributed by atoms with van der Waals surface area (Å²) in [7, 11) is 0. The number of benzene rings is 1. The number of aryl methyl sites for hydroxylation is 1. The summed E-state index contributed by atoms with van der Waals surface area (Å²) in [5.74, 6) is 0.440. The second kappa shape index (κ2) is 6.13. The van der Waals surface area contributed by atoms with Crippen LogP contribution < -0.4 is 4.90 Å². The molecule has 0 unspecified atom stereocenters. The molecule has 1 aromatic carbocycles. The maximum absolute atomic E-state index is 11.4. The van der Waals surface area contributed by atoms with Gasteiger partial charge in [0.2, 0.25) is 0 Å². The van der Waals surface area contributed by atoms with Gasteiger partial charge in [-0.1, -0.05) is 18.2 Å². The lowest BCUT2D eigenvalue weighted by molar-refractivity contribution is 0.0695. The molecule has 0 spiro atoms. The molecular weight excluding hydrogens is 278 g/mol. The van der Waals surface area contributed by atoms with Gasteiger partial charge in [-0.3, -0.25) is 0 Å². The topological polar surface area (TPSA) is 66.3 Å². The monoisotopic (exact) mass is 297 g/mol. The molecule has 2 heterocycles. The van der Waals surface area contributed by atoms with Gasteiger partial charge in [-0.15, -0.1) is 0 Å². The number of nitrogens with zero attached hydrogens (tertiary/aromatic N) is 3. The SMILES string of the molecule is Cc1cncnc1N1CCC(c2ccccc2C(=O)O)CC1. The summed E-state index contributed by atoms with van der Waals surface area (Å²) in [4.78, 5) is 22.0. The molecule has 5 heteroatoms. The van der Waals surface area contributed by atoms with Gasteiger partial charge < -0.3 is 10.0 Å². The van der Waals surface area contributed by atoms with E-state index in [-0.39, 0.29) is 0 Å². The molecule has 0 aliphatic carbocycles. The summed E-state index contributed by atoms with van der Waals surface area (Å²) < 4.78 is 0. The summed E-state index contributed by atoms with van der Waals surface area (Å²) >= 11 is 0. The Hall–Kier alpha value is -2.43. The maximum Gasteiger partial charge on any atom is 0.335 e. The van der Waals surface area contributed by atoms with E-state index in [1.54, 1.807) is 18.5 Å². The van der Waals surface area contributed by atoms with Gasteiger partial charge in [0.25, 0.3) is 0 Å². The highest BCUT2D eigenvalue weighted by Crippen LogP contribution is 2.32. The molecule has 1 N–H and O–H groups in total. The van der Waals surface area contributed by atoms with Crippen LogP contribution in [0.4, 0.5) is 5.82 Å². The van der Waals surface area contributed by atoms with Crippen molar-refractivity contribution in [3.63, 3.8) is 0 Å². The third kappa shape index (κ3) is 2.79. The molecule has 0 bridgehead atoms. The largest absolute Gasteiger partial charge is 0.478 e. The van der Waals surface area contributed by atoms with Crippen molar-refractivity contribution in [3.8, 4) is 0 Å². The Bertz CT molecular complexity index is 679. The zero-order valence-electron chi connectivity index (χ0n) is 12.6. The molecule has 1 saturated heterocycles. The summed E-state index contributed by atoms with van der Waals surface area (Å²) in [5.41, 5.74) is 2.46. The predicted octanol–water partition coefficient (Wildman–Crippen LogP) is 2.87. The molecule has 22 heavy (non-hydrogen) atoms. The molecule has 1 aliphatic rings. The van der Waals surface area contributed by atoms with E-state index in [0.717, 1.165) is 42.9 Å². The average molecular weight is 297 g/mol. The number of hydrogen-bond donors (Lipinski definition) is 1. The second-order valence-corrected chi connectivity index (χ2v) is 5.68. The predicted molar refractivity (Wildman–Crippen MR) is 84.4 cm³/mol. The van der Waals surface area contributed by atoms with Crippen LogP contribution in [0.1, 0.15) is 40.2 Å². The molecule has 0 saturated carbocycles. The van der Waals surface area contributed by atoms with Crippen LogP contribution in [0.2, 0.25) is 0 Å². The van der Waals surface area contributed by atoms with Crippen LogP contribution in [0.5, 0.6) is 0 Å². The summed E-state index contributed by atoms with van der Waals surface area (Å²) in [6, 6.07) is 7.34. The van der Waals surface area contributed by atoms with Crippen molar-refractivity contribution in [2.45, 2.75) is 25.7 Å². The molecule has 0 amide bonds. The van der Waals surface area contributed by atoms with E-state index in [0.29, 0.717) is 11.5 Å². The number of rotatable bonds is 3. The Morgan fingerprint density at radius 3 is 2.68 bits per heavy atom. The quantitative estimate of drug-likeness (QED) is 0.943. The van der Waals surface area contributed by atoms with Gasteiger partial charge in [0.05, 0.1) is 5.56 Å². The smallest absolute Gasteiger partial charge is 0.335 e. The lowest BCUT2D eigenvalue weighted by atomic mass is 9.86. The minimum absolute atomic E-state index is 0.297. The number of anilines is 1. The van der Waals surface area contributed by atoms with Gasteiger partial charge >= 0.3 is 5.97 Å². The molecule has 1 aromatic heterocycles. The van der Waals surface area contributed by atoms with Crippen molar-refractivity contribution in [3.05, 3.63) is 53.5 Å². The van der Waals surface area contributed by atoms with Crippen molar-refractivity contribution >= 4 is 11.8 Å². The number of aromatic carboxylic acids is 1. The summed E-state index contributed by atoms with van der Waals surface area (Å²) in [6.07, 6.45) is 5.28. The van der Waals surface area contributed by atoms with Crippen LogP contribution in [0.3, 0.4) is 0 Å². The van der Waals surface area contributed by atoms with E-state index in [1.807, 2.05) is 25.3 Å². The number of aromatic nitrogens is 2. The Morgan fingerprint density at radius 1 is 1.27 bits per heavy atom. The zero-order valence-corrected chi connectivity index (χ0v) is 12.6. The normalized spacial score (nSPS) is 15.8. The molecular formula is C17H19N3O2. The van der Waals surface area contributed by atoms with Gasteiger partial charge in [0.15, 0.2) is 0 Å². The highest BCUT2D eigenvalue weighted by molar-refractivity contribution is 5.89. The van der Waals surface area contributed by atoms with Crippen LogP contribution in [0, 0.1) is 6.92 Å². The highest BCUT2D eigenvalue weighted by atomic mass is 16.4. The van der Waals surface area contributed by atoms with Crippen molar-refractivity contribution in [2.75, 3.05) is 18.0 Å². The average Bonchev–Trinajstić information content (AvgIpc) is 2.55. The number of carboxylic acids is 1. The van der Waals surface area contributed by atoms with Crippen LogP contribution >= 0.6 is 0 Å². The van der Waals surface area contributed by atoms with Crippen molar-refractivity contribution in [2.24, 2.45) is 0 Å². The van der Waals surface area contributed by atoms with Gasteiger partial charge in [-0.05, 0) is 37.3 Å². The van der Waals surface area contributed by atoms with Crippen molar-refractivity contribution in [1.82, 2.24) is 9.97 Å². The minimum atomic E-state index is -0.843. The number of hydrogen-bond acceptors (Lipinski definition) is 4. The minimum Gasteiger partial charge on any atom is -0.478 e. The fourth-order valence-corrected chi connectivity index (χ4v) is 3.17. The lowest BCUT2D eigenvalue weighted by Gasteiger charge is -2.34. The summed E-state index contributed by atoms with van der Waals surface area (Å²) in [6.45, 7) is 3.79. The number of piperidine rings is 1. The molecule has 0 radical (unpaired) electrons. The van der Waals surface area contributed by atoms with Crippen molar-refractivity contribution in [1.29, 1.82) is 0 Å². The molecule has 3 rings (SSSR count). The third-order valence-electron chi connectivity index (χ3n) is 4.29. The van der Waals surface area contributed by atoms with Crippen molar-refractivity contribution < 1.29 is 9.90 Å². The molecule has 2 aromatic rings. The summed E-state index contributed by atoms with van der Waals surface area (Å²) in [5, 5.41) is 9.34. The van der Waals surface area contributed by atoms with Crippen LogP contribution in [-0.2, 0) is 0 Å². The first-order valence-corrected chi connectivity index (χ1v) is 7.50. The fourth-order valence-electron chi connectivity index (χ4n) is 3.17. The van der Waals surface area contributed by atoms with Gasteiger partial charge in [-0.2, -0.15) is 0 Å². The Morgan fingerprint density at radius 2 is 2.00 bits per heavy atom. The third-order valence-corrected chi connectivity index (χ3v) is 4.29. The maximum atomic E-state index is 11.4. The van der Waals surface area contributed by atoms with Crippen LogP contribution in [0.15, 0.2) is 36.8 Å². The Labute approximate surface area is 129 Å². The van der Waals surface area contributed by atoms with Gasteiger partial charge in [0, 0.05) is 24.8 Å². The fraction of sp³-hybridized carbons (Fsp3) is 0.353. The number of carboxylic acid groups (broad SMARTS) is 1. The first kappa shape index (κ1) is 14.5. The van der Waals surface area contributed by atoms with E-state index in [2.05, 4.69) is 14.9 Å². The van der Waals surface area contributed by atoms with Crippen LogP contribution in [-0.4, -0.2) is 34.1 Å². The Balaban J connectivity index is 1.75. The van der Waals surface area contributed by atoms with Crippen LogP contribution in [0.25, 0.3) is 0 Å². The molecule has 5 nitrogen and oxygen atoms in total. The molecule has 114 valence electrons. The second-order valence-electron chi connectivity index (χ2n) is 5.68. The molecule has 0 atom stereocenters. The first-order valence-electron chi connectivity index (χ1n) is 7.50. The zero-order chi connectivity index (χ0) is 15.5. The van der Waals surface area contributed by atoms with E-state index < -0.39 is 5.97 Å². The standard InChI is InChI=1S/C17H19N3O2/c1-12-10-18-11-19-16(12)20-8-6-13(7-9-20)14-4-2-3-5-15(14)17(21)22/h2-5,10-11,13H,6-9H2,1H3,(H,21,22). The highest BCUT2D eigenvalue weighted by Gasteiger charge is 2.25. The number of carbonyl (C=O) groups is 1. The van der Waals surface area contributed by atoms with E-state index in [1.165, 1.54) is 0 Å². The van der Waals surface area contributed by atoms with Gasteiger partial charge in [-0.25, -0.2) is 14.8 Å². The van der Waals surface area contributed by atoms with E-state index in [4.69, 9.17) is 0 Å². The molecule has 1 fully saturated rings. The lowest BCUT2D eigenvalue weighted by Crippen LogP contribution is -2.34. The van der Waals surface area contributed by atoms with Gasteiger partial charge in [0.1, 0.15) is 12.1 Å². The Kier molecular flexibility index (Phi) is 4.04.